The standard InChI is InChI=1S/C16H16O4/c1-18-14-5-3-4-6-15(14)20-10-9-12-7-8-13(17)16(11-12)19-2/h3-11,17H,1-2H3/b10-9-. The van der Waals surface area contributed by atoms with Crippen LogP contribution in [0.25, 0.3) is 6.08 Å². The molecule has 0 spiro atoms. The maximum Gasteiger partial charge on any atom is 0.168 e. The lowest BCUT2D eigenvalue weighted by Gasteiger charge is -2.06. The molecular formula is C16H16O4. The first kappa shape index (κ1) is 13.8. The molecule has 2 rings (SSSR count). The minimum absolute atomic E-state index is 0.107. The summed E-state index contributed by atoms with van der Waals surface area (Å²) >= 11 is 0. The lowest BCUT2D eigenvalue weighted by molar-refractivity contribution is 0.373. The summed E-state index contributed by atoms with van der Waals surface area (Å²) in [7, 11) is 3.10. The van der Waals surface area contributed by atoms with Gasteiger partial charge < -0.3 is 19.3 Å². The summed E-state index contributed by atoms with van der Waals surface area (Å²) in [5.41, 5.74) is 0.856. The minimum atomic E-state index is 0.107. The molecule has 0 aliphatic rings. The molecule has 1 N–H and O–H groups in total. The van der Waals surface area contributed by atoms with Crippen molar-refractivity contribution in [3.8, 4) is 23.0 Å². The van der Waals surface area contributed by atoms with Gasteiger partial charge in [-0.05, 0) is 35.9 Å². The minimum Gasteiger partial charge on any atom is -0.504 e. The van der Waals surface area contributed by atoms with Crippen LogP contribution in [0, 0.1) is 0 Å². The highest BCUT2D eigenvalue weighted by molar-refractivity contribution is 5.55. The summed E-state index contributed by atoms with van der Waals surface area (Å²) in [5, 5.41) is 9.51. The van der Waals surface area contributed by atoms with E-state index in [-0.39, 0.29) is 5.75 Å². The van der Waals surface area contributed by atoms with Gasteiger partial charge in [0.15, 0.2) is 23.0 Å². The zero-order valence-electron chi connectivity index (χ0n) is 11.4. The van der Waals surface area contributed by atoms with Crippen LogP contribution in [0.3, 0.4) is 0 Å². The summed E-state index contributed by atoms with van der Waals surface area (Å²) in [6, 6.07) is 12.4. The molecule has 0 aliphatic carbocycles. The summed E-state index contributed by atoms with van der Waals surface area (Å²) in [6.07, 6.45) is 3.33. The Labute approximate surface area is 117 Å². The normalized spacial score (nSPS) is 10.5. The molecule has 0 heterocycles. The largest absolute Gasteiger partial charge is 0.504 e. The Morgan fingerprint density at radius 3 is 2.30 bits per heavy atom. The molecule has 0 amide bonds. The number of methoxy groups -OCH3 is 2. The highest BCUT2D eigenvalue weighted by Gasteiger charge is 2.02. The van der Waals surface area contributed by atoms with E-state index in [1.54, 1.807) is 37.6 Å². The van der Waals surface area contributed by atoms with E-state index < -0.39 is 0 Å². The average molecular weight is 272 g/mol. The topological polar surface area (TPSA) is 47.9 Å². The fourth-order valence-corrected chi connectivity index (χ4v) is 1.70. The van der Waals surface area contributed by atoms with E-state index in [1.807, 2.05) is 24.3 Å². The number of hydrogen-bond acceptors (Lipinski definition) is 4. The fourth-order valence-electron chi connectivity index (χ4n) is 1.70. The predicted octanol–water partition coefficient (Wildman–Crippen LogP) is 3.46. The van der Waals surface area contributed by atoms with Gasteiger partial charge >= 0.3 is 0 Å². The molecule has 0 aromatic heterocycles. The van der Waals surface area contributed by atoms with E-state index in [0.717, 1.165) is 5.56 Å². The maximum atomic E-state index is 9.51. The van der Waals surface area contributed by atoms with Crippen molar-refractivity contribution < 1.29 is 19.3 Å². The Morgan fingerprint density at radius 2 is 1.60 bits per heavy atom. The van der Waals surface area contributed by atoms with E-state index >= 15 is 0 Å². The molecule has 0 saturated carbocycles. The van der Waals surface area contributed by atoms with Crippen LogP contribution in [0.2, 0.25) is 0 Å². The molecule has 4 nitrogen and oxygen atoms in total. The van der Waals surface area contributed by atoms with Crippen molar-refractivity contribution in [3.63, 3.8) is 0 Å². The second-order valence-electron chi connectivity index (χ2n) is 4.00. The fraction of sp³-hybridized carbons (Fsp3) is 0.125. The van der Waals surface area contributed by atoms with E-state index in [9.17, 15) is 5.11 Å². The van der Waals surface area contributed by atoms with Gasteiger partial charge in [0.2, 0.25) is 0 Å². The van der Waals surface area contributed by atoms with Gasteiger partial charge in [-0.15, -0.1) is 0 Å². The molecular weight excluding hydrogens is 256 g/mol. The lowest BCUT2D eigenvalue weighted by Crippen LogP contribution is -1.89. The van der Waals surface area contributed by atoms with Crippen LogP contribution in [0.5, 0.6) is 23.0 Å². The van der Waals surface area contributed by atoms with Crippen molar-refractivity contribution in [1.29, 1.82) is 0 Å². The molecule has 20 heavy (non-hydrogen) atoms. The van der Waals surface area contributed by atoms with Gasteiger partial charge in [0, 0.05) is 0 Å². The molecule has 0 fully saturated rings. The van der Waals surface area contributed by atoms with Gasteiger partial charge in [0.1, 0.15) is 0 Å². The Balaban J connectivity index is 2.10. The molecule has 104 valence electrons. The zero-order chi connectivity index (χ0) is 14.4. The first-order valence-electron chi connectivity index (χ1n) is 6.08. The maximum absolute atomic E-state index is 9.51. The molecule has 2 aromatic carbocycles. The SMILES string of the molecule is COc1cc(/C=C\Oc2ccccc2OC)ccc1O. The Morgan fingerprint density at radius 1 is 0.900 bits per heavy atom. The van der Waals surface area contributed by atoms with E-state index in [1.165, 1.54) is 7.11 Å². The van der Waals surface area contributed by atoms with Crippen molar-refractivity contribution in [2.24, 2.45) is 0 Å². The molecule has 4 heteroatoms. The van der Waals surface area contributed by atoms with Crippen molar-refractivity contribution in [2.75, 3.05) is 14.2 Å². The van der Waals surface area contributed by atoms with Crippen molar-refractivity contribution >= 4 is 6.08 Å². The van der Waals surface area contributed by atoms with Crippen molar-refractivity contribution in [3.05, 3.63) is 54.3 Å². The van der Waals surface area contributed by atoms with Gasteiger partial charge in [-0.1, -0.05) is 18.2 Å². The third-order valence-electron chi connectivity index (χ3n) is 2.73. The van der Waals surface area contributed by atoms with Crippen LogP contribution in [-0.2, 0) is 0 Å². The Kier molecular flexibility index (Phi) is 4.50. The van der Waals surface area contributed by atoms with Crippen LogP contribution in [0.4, 0.5) is 0 Å². The van der Waals surface area contributed by atoms with Gasteiger partial charge in [-0.2, -0.15) is 0 Å². The van der Waals surface area contributed by atoms with Crippen LogP contribution in [0.1, 0.15) is 5.56 Å². The molecule has 0 radical (unpaired) electrons. The molecule has 0 atom stereocenters. The third kappa shape index (κ3) is 3.23. The van der Waals surface area contributed by atoms with Crippen LogP contribution < -0.4 is 14.2 Å². The first-order chi connectivity index (χ1) is 9.74. The van der Waals surface area contributed by atoms with Crippen LogP contribution in [0.15, 0.2) is 48.7 Å². The second-order valence-corrected chi connectivity index (χ2v) is 4.00. The Hall–Kier alpha value is -2.62. The lowest BCUT2D eigenvalue weighted by atomic mass is 10.2. The number of hydrogen-bond donors (Lipinski definition) is 1. The number of phenolic OH excluding ortho intramolecular Hbond substituents is 1. The van der Waals surface area contributed by atoms with Gasteiger partial charge in [-0.25, -0.2) is 0 Å². The zero-order valence-corrected chi connectivity index (χ0v) is 11.4. The number of aromatic hydroxyl groups is 1. The van der Waals surface area contributed by atoms with E-state index in [0.29, 0.717) is 17.2 Å². The van der Waals surface area contributed by atoms with Gasteiger partial charge in [-0.3, -0.25) is 0 Å². The number of benzene rings is 2. The van der Waals surface area contributed by atoms with Crippen LogP contribution in [-0.4, -0.2) is 19.3 Å². The summed E-state index contributed by atoms with van der Waals surface area (Å²) in [6.45, 7) is 0. The number of phenols is 1. The van der Waals surface area contributed by atoms with E-state index in [2.05, 4.69) is 0 Å². The number of para-hydroxylation sites is 2. The molecule has 0 saturated heterocycles. The average Bonchev–Trinajstić information content (AvgIpc) is 2.49. The van der Waals surface area contributed by atoms with Crippen LogP contribution >= 0.6 is 0 Å². The van der Waals surface area contributed by atoms with Gasteiger partial charge in [0.05, 0.1) is 20.5 Å². The number of rotatable bonds is 5. The van der Waals surface area contributed by atoms with Gasteiger partial charge in [0.25, 0.3) is 0 Å². The summed E-state index contributed by atoms with van der Waals surface area (Å²) in [4.78, 5) is 0. The molecule has 0 unspecified atom stereocenters. The highest BCUT2D eigenvalue weighted by atomic mass is 16.5. The Bertz CT molecular complexity index is 605. The third-order valence-corrected chi connectivity index (χ3v) is 2.73. The monoisotopic (exact) mass is 272 g/mol. The van der Waals surface area contributed by atoms with E-state index in [4.69, 9.17) is 14.2 Å². The second kappa shape index (κ2) is 6.52. The van der Waals surface area contributed by atoms with Crippen molar-refractivity contribution in [1.82, 2.24) is 0 Å². The quantitative estimate of drug-likeness (QED) is 0.847. The smallest absolute Gasteiger partial charge is 0.168 e. The summed E-state index contributed by atoms with van der Waals surface area (Å²) in [5.74, 6) is 1.83. The molecule has 0 aliphatic heterocycles. The predicted molar refractivity (Wildman–Crippen MR) is 77.3 cm³/mol. The first-order valence-corrected chi connectivity index (χ1v) is 6.08. The highest BCUT2D eigenvalue weighted by Crippen LogP contribution is 2.28. The van der Waals surface area contributed by atoms with Crippen molar-refractivity contribution in [2.45, 2.75) is 0 Å². The summed E-state index contributed by atoms with van der Waals surface area (Å²) < 4.78 is 15.8. The molecule has 2 aromatic rings. The number of ether oxygens (including phenoxy) is 3. The molecule has 0 bridgehead atoms.